The zero-order chi connectivity index (χ0) is 13.7. The number of rotatable bonds is 5. The van der Waals surface area contributed by atoms with E-state index >= 15 is 0 Å². The summed E-state index contributed by atoms with van der Waals surface area (Å²) in [6.07, 6.45) is 2.24. The predicted octanol–water partition coefficient (Wildman–Crippen LogP) is 3.52. The van der Waals surface area contributed by atoms with Crippen molar-refractivity contribution in [1.82, 2.24) is 0 Å². The van der Waals surface area contributed by atoms with Gasteiger partial charge in [0.25, 0.3) is 0 Å². The van der Waals surface area contributed by atoms with E-state index in [0.29, 0.717) is 6.42 Å². The summed E-state index contributed by atoms with van der Waals surface area (Å²) in [5.41, 5.74) is 8.76. The van der Waals surface area contributed by atoms with Crippen LogP contribution in [0, 0.1) is 13.8 Å². The van der Waals surface area contributed by atoms with E-state index in [1.54, 1.807) is 0 Å². The number of hydrogen-bond donors (Lipinski definition) is 2. The summed E-state index contributed by atoms with van der Waals surface area (Å²) < 4.78 is 1.09. The van der Waals surface area contributed by atoms with Crippen molar-refractivity contribution >= 4 is 27.5 Å². The summed E-state index contributed by atoms with van der Waals surface area (Å²) in [5, 5.41) is 2.92. The molecule has 1 aromatic carbocycles. The molecule has 0 spiro atoms. The number of hydrogen-bond acceptors (Lipinski definition) is 2. The van der Waals surface area contributed by atoms with Crippen molar-refractivity contribution < 1.29 is 4.79 Å². The van der Waals surface area contributed by atoms with Gasteiger partial charge in [0, 0.05) is 22.6 Å². The molecule has 0 fully saturated rings. The summed E-state index contributed by atoms with van der Waals surface area (Å²) in [6.45, 7) is 5.99. The fourth-order valence-corrected chi connectivity index (χ4v) is 2.06. The Hall–Kier alpha value is -0.870. The molecule has 0 aliphatic rings. The molecule has 1 unspecified atom stereocenters. The van der Waals surface area contributed by atoms with Crippen LogP contribution in [0.5, 0.6) is 0 Å². The van der Waals surface area contributed by atoms with Crippen LogP contribution in [0.4, 0.5) is 5.69 Å². The molecule has 4 heteroatoms. The van der Waals surface area contributed by atoms with E-state index in [1.165, 1.54) is 0 Å². The molecule has 3 nitrogen and oxygen atoms in total. The van der Waals surface area contributed by atoms with Crippen LogP contribution in [0.25, 0.3) is 0 Å². The number of amides is 1. The van der Waals surface area contributed by atoms with Gasteiger partial charge in [-0.05, 0) is 56.9 Å². The van der Waals surface area contributed by atoms with Gasteiger partial charge in [-0.1, -0.05) is 15.9 Å². The van der Waals surface area contributed by atoms with Crippen molar-refractivity contribution in [2.75, 3.05) is 5.32 Å². The summed E-state index contributed by atoms with van der Waals surface area (Å²) in [6, 6.07) is 4.11. The fraction of sp³-hybridized carbons (Fsp3) is 0.500. The van der Waals surface area contributed by atoms with Crippen LogP contribution in [0.2, 0.25) is 0 Å². The predicted molar refractivity (Wildman–Crippen MR) is 79.7 cm³/mol. The Bertz CT molecular complexity index is 407. The Morgan fingerprint density at radius 3 is 2.44 bits per heavy atom. The Morgan fingerprint density at radius 2 is 1.94 bits per heavy atom. The Kier molecular flexibility index (Phi) is 5.82. The maximum Gasteiger partial charge on any atom is 0.224 e. The minimum Gasteiger partial charge on any atom is -0.328 e. The van der Waals surface area contributed by atoms with Gasteiger partial charge in [0.2, 0.25) is 5.91 Å². The lowest BCUT2D eigenvalue weighted by Crippen LogP contribution is -2.16. The van der Waals surface area contributed by atoms with Crippen molar-refractivity contribution in [2.45, 2.75) is 46.1 Å². The Labute approximate surface area is 117 Å². The highest BCUT2D eigenvalue weighted by atomic mass is 79.9. The van der Waals surface area contributed by atoms with Crippen molar-refractivity contribution in [2.24, 2.45) is 5.73 Å². The lowest BCUT2D eigenvalue weighted by molar-refractivity contribution is -0.116. The zero-order valence-corrected chi connectivity index (χ0v) is 12.8. The molecule has 100 valence electrons. The van der Waals surface area contributed by atoms with Crippen molar-refractivity contribution in [3.8, 4) is 0 Å². The summed E-state index contributed by atoms with van der Waals surface area (Å²) in [7, 11) is 0. The van der Waals surface area contributed by atoms with Gasteiger partial charge in [-0.2, -0.15) is 0 Å². The van der Waals surface area contributed by atoms with E-state index in [4.69, 9.17) is 5.73 Å². The third-order valence-corrected chi connectivity index (χ3v) is 4.03. The highest BCUT2D eigenvalue weighted by Crippen LogP contribution is 2.25. The molecule has 0 bridgehead atoms. The smallest absolute Gasteiger partial charge is 0.224 e. The van der Waals surface area contributed by atoms with Gasteiger partial charge in [0.05, 0.1) is 0 Å². The van der Waals surface area contributed by atoms with Crippen LogP contribution in [0.15, 0.2) is 16.6 Å². The van der Waals surface area contributed by atoms with Crippen LogP contribution in [-0.2, 0) is 4.79 Å². The van der Waals surface area contributed by atoms with E-state index in [-0.39, 0.29) is 11.9 Å². The number of carbonyl (C=O) groups is 1. The molecule has 1 rings (SSSR count). The summed E-state index contributed by atoms with van der Waals surface area (Å²) in [5.74, 6) is 0.0526. The first-order valence-electron chi connectivity index (χ1n) is 6.22. The normalized spacial score (nSPS) is 12.3. The molecular weight excluding hydrogens is 292 g/mol. The number of anilines is 1. The molecule has 0 radical (unpaired) electrons. The first-order valence-corrected chi connectivity index (χ1v) is 7.01. The topological polar surface area (TPSA) is 55.1 Å². The van der Waals surface area contributed by atoms with Crippen molar-refractivity contribution in [1.29, 1.82) is 0 Å². The Morgan fingerprint density at radius 1 is 1.39 bits per heavy atom. The van der Waals surface area contributed by atoms with Gasteiger partial charge in [-0.15, -0.1) is 0 Å². The SMILES string of the molecule is Cc1cc(NC(=O)CCCC(C)N)cc(C)c1Br. The van der Waals surface area contributed by atoms with Gasteiger partial charge >= 0.3 is 0 Å². The standard InChI is InChI=1S/C14H21BrN2O/c1-9-7-12(8-10(2)14(9)15)17-13(18)6-4-5-11(3)16/h7-8,11H,4-6,16H2,1-3H3,(H,17,18). The molecule has 3 N–H and O–H groups in total. The molecule has 0 heterocycles. The van der Waals surface area contributed by atoms with Gasteiger partial charge in [-0.25, -0.2) is 0 Å². The summed E-state index contributed by atoms with van der Waals surface area (Å²) in [4.78, 5) is 11.7. The van der Waals surface area contributed by atoms with Gasteiger partial charge in [-0.3, -0.25) is 4.79 Å². The first-order chi connectivity index (χ1) is 8.40. The number of nitrogens with one attached hydrogen (secondary N) is 1. The van der Waals surface area contributed by atoms with Gasteiger partial charge in [0.15, 0.2) is 0 Å². The van der Waals surface area contributed by atoms with E-state index in [9.17, 15) is 4.79 Å². The van der Waals surface area contributed by atoms with E-state index in [0.717, 1.165) is 34.1 Å². The maximum absolute atomic E-state index is 11.7. The molecule has 1 aromatic rings. The molecule has 0 saturated heterocycles. The molecule has 18 heavy (non-hydrogen) atoms. The quantitative estimate of drug-likeness (QED) is 0.874. The van der Waals surface area contributed by atoms with Gasteiger partial charge in [0.1, 0.15) is 0 Å². The van der Waals surface area contributed by atoms with Crippen LogP contribution in [0.3, 0.4) is 0 Å². The van der Waals surface area contributed by atoms with E-state index in [2.05, 4.69) is 21.2 Å². The molecular formula is C14H21BrN2O. The highest BCUT2D eigenvalue weighted by molar-refractivity contribution is 9.10. The van der Waals surface area contributed by atoms with Crippen LogP contribution < -0.4 is 11.1 Å². The number of halogens is 1. The van der Waals surface area contributed by atoms with E-state index in [1.807, 2.05) is 32.9 Å². The molecule has 0 saturated carbocycles. The van der Waals surface area contributed by atoms with Crippen molar-refractivity contribution in [3.63, 3.8) is 0 Å². The first kappa shape index (κ1) is 15.2. The molecule has 1 amide bonds. The largest absolute Gasteiger partial charge is 0.328 e. The fourth-order valence-electron chi connectivity index (χ4n) is 1.83. The molecule has 0 aliphatic heterocycles. The lowest BCUT2D eigenvalue weighted by Gasteiger charge is -2.10. The number of carbonyl (C=O) groups excluding carboxylic acids is 1. The van der Waals surface area contributed by atoms with Crippen LogP contribution >= 0.6 is 15.9 Å². The second-order valence-electron chi connectivity index (χ2n) is 4.84. The second-order valence-corrected chi connectivity index (χ2v) is 5.63. The number of benzene rings is 1. The average molecular weight is 313 g/mol. The third-order valence-electron chi connectivity index (χ3n) is 2.78. The molecule has 0 aromatic heterocycles. The number of aryl methyl sites for hydroxylation is 2. The van der Waals surface area contributed by atoms with Crippen LogP contribution in [-0.4, -0.2) is 11.9 Å². The lowest BCUT2D eigenvalue weighted by atomic mass is 10.1. The second kappa shape index (κ2) is 6.90. The monoisotopic (exact) mass is 312 g/mol. The maximum atomic E-state index is 11.7. The average Bonchev–Trinajstić information content (AvgIpc) is 2.25. The Balaban J connectivity index is 2.54. The highest BCUT2D eigenvalue weighted by Gasteiger charge is 2.06. The third kappa shape index (κ3) is 4.78. The van der Waals surface area contributed by atoms with Gasteiger partial charge < -0.3 is 11.1 Å². The summed E-state index contributed by atoms with van der Waals surface area (Å²) >= 11 is 3.51. The minimum absolute atomic E-state index is 0.0526. The molecule has 1 atom stereocenters. The van der Waals surface area contributed by atoms with Crippen LogP contribution in [0.1, 0.15) is 37.3 Å². The van der Waals surface area contributed by atoms with Crippen molar-refractivity contribution in [3.05, 3.63) is 27.7 Å². The minimum atomic E-state index is 0.0526. The number of nitrogens with two attached hydrogens (primary N) is 1. The molecule has 0 aliphatic carbocycles. The van der Waals surface area contributed by atoms with E-state index < -0.39 is 0 Å². The zero-order valence-electron chi connectivity index (χ0n) is 11.2.